The average molecular weight is 1600 g/mol. The second-order valence-electron chi connectivity index (χ2n) is 27.9. The van der Waals surface area contributed by atoms with Crippen molar-refractivity contribution < 1.29 is 53.4 Å². The number of aryl methyl sites for hydroxylation is 8. The number of pyridine rings is 7. The number of fused-ring (bicyclic) bond motifs is 4. The number of allylic oxidation sites excluding steroid dienone is 4. The number of carbonyl (C=O) groups is 4. The van der Waals surface area contributed by atoms with Crippen molar-refractivity contribution in [2.45, 2.75) is 142 Å². The number of aromatic nitrogens is 11. The van der Waals surface area contributed by atoms with Gasteiger partial charge in [0, 0.05) is 108 Å². The van der Waals surface area contributed by atoms with E-state index in [1.54, 1.807) is 48.9 Å². The maximum atomic E-state index is 12.7. The molecule has 0 saturated heterocycles. The van der Waals surface area contributed by atoms with E-state index in [4.69, 9.17) is 32.8 Å². The van der Waals surface area contributed by atoms with E-state index in [-0.39, 0.29) is 87.0 Å². The number of ether oxygens (including phenoxy) is 1. The number of carboxylic acids is 1. The molecule has 30 heteroatoms. The predicted octanol–water partition coefficient (Wildman–Crippen LogP) is 10.1. The number of aromatic carboxylic acids is 1. The summed E-state index contributed by atoms with van der Waals surface area (Å²) in [5, 5.41) is 38.9. The first-order valence-electron chi connectivity index (χ1n) is 36.5. The van der Waals surface area contributed by atoms with E-state index in [0.29, 0.717) is 97.5 Å². The molecule has 4 unspecified atom stereocenters. The predicted molar refractivity (Wildman–Crippen MR) is 458 cm³/mol. The zero-order chi connectivity index (χ0) is 79.9. The van der Waals surface area contributed by atoms with E-state index < -0.39 is 5.97 Å². The number of halogens is 1. The number of rotatable bonds is 17. The third-order valence-electron chi connectivity index (χ3n) is 19.4. The number of hydrogen-bond acceptors (Lipinski definition) is 23. The molecular formula is C87H103ClLiN21O7. The monoisotopic (exact) mass is 1600 g/mol. The van der Waals surface area contributed by atoms with Crippen LogP contribution in [0.1, 0.15) is 154 Å². The van der Waals surface area contributed by atoms with Gasteiger partial charge in [0.25, 0.3) is 11.8 Å². The molecule has 0 saturated carbocycles. The summed E-state index contributed by atoms with van der Waals surface area (Å²) in [6.45, 7) is 23.3. The molecular weight excluding hydrogens is 1490 g/mol. The molecule has 0 spiro atoms. The van der Waals surface area contributed by atoms with Crippen molar-refractivity contribution in [3.05, 3.63) is 295 Å². The normalized spacial score (nSPS) is 14.8. The second-order valence-corrected chi connectivity index (χ2v) is 27.9. The van der Waals surface area contributed by atoms with Gasteiger partial charge >= 0.3 is 30.8 Å². The quantitative estimate of drug-likeness (QED) is 0.0329. The third kappa shape index (κ3) is 24.3. The molecule has 11 heterocycles. The van der Waals surface area contributed by atoms with E-state index in [2.05, 4.69) is 141 Å². The summed E-state index contributed by atoms with van der Waals surface area (Å²) in [5.41, 5.74) is 43.3. The number of hydrogen-bond donors (Lipinski definition) is 7. The van der Waals surface area contributed by atoms with Crippen LogP contribution in [-0.2, 0) is 50.6 Å². The summed E-state index contributed by atoms with van der Waals surface area (Å²) < 4.78 is 8.42. The molecule has 2 aliphatic carbocycles. The summed E-state index contributed by atoms with van der Waals surface area (Å²) in [4.78, 5) is 78.0. The molecule has 11 aromatic rings. The number of amides is 2. The summed E-state index contributed by atoms with van der Waals surface area (Å²) >= 11 is 0. The first-order chi connectivity index (χ1) is 53.8. The Labute approximate surface area is 700 Å². The smallest absolute Gasteiger partial charge is 0.870 e. The fraction of sp³-hybridized carbons (Fsp3) is 0.276. The van der Waals surface area contributed by atoms with Crippen LogP contribution in [0.3, 0.4) is 0 Å². The molecule has 15 rings (SSSR count). The Morgan fingerprint density at radius 2 is 0.846 bits per heavy atom. The fourth-order valence-corrected chi connectivity index (χ4v) is 13.6. The Balaban J connectivity index is 0.000000232. The van der Waals surface area contributed by atoms with E-state index in [1.807, 2.05) is 141 Å². The number of nitrogen functional groups attached to an aromatic ring is 3. The van der Waals surface area contributed by atoms with Gasteiger partial charge in [-0.25, -0.2) is 24.5 Å². The Morgan fingerprint density at radius 1 is 0.487 bits per heavy atom. The molecule has 117 heavy (non-hydrogen) atoms. The van der Waals surface area contributed by atoms with Crippen molar-refractivity contribution in [3.8, 4) is 0 Å². The fourth-order valence-electron chi connectivity index (χ4n) is 13.6. The van der Waals surface area contributed by atoms with Gasteiger partial charge in [0.05, 0.1) is 103 Å². The Hall–Kier alpha value is -12.6. The first-order valence-corrected chi connectivity index (χ1v) is 36.5. The van der Waals surface area contributed by atoms with Crippen LogP contribution in [0.2, 0.25) is 0 Å². The summed E-state index contributed by atoms with van der Waals surface area (Å²) in [6, 6.07) is 31.7. The van der Waals surface area contributed by atoms with Crippen molar-refractivity contribution in [2.75, 3.05) is 24.3 Å². The summed E-state index contributed by atoms with van der Waals surface area (Å²) in [7, 11) is 1.37. The Kier molecular flexibility index (Phi) is 34.0. The number of nitrogens with two attached hydrogens (primary N) is 4. The summed E-state index contributed by atoms with van der Waals surface area (Å²) in [5.74, 6) is 0.531. The molecule has 2 aromatic carbocycles. The van der Waals surface area contributed by atoms with Gasteiger partial charge in [-0.15, -0.1) is 12.4 Å². The van der Waals surface area contributed by atoms with Crippen LogP contribution < -0.4 is 52.4 Å². The van der Waals surface area contributed by atoms with E-state index in [1.165, 1.54) is 41.6 Å². The van der Waals surface area contributed by atoms with Crippen LogP contribution in [0.25, 0.3) is 21.8 Å². The summed E-state index contributed by atoms with van der Waals surface area (Å²) in [6.07, 6.45) is 27.1. The minimum atomic E-state index is -0.949. The molecule has 2 aliphatic heterocycles. The molecule has 0 radical (unpaired) electrons. The van der Waals surface area contributed by atoms with E-state index in [9.17, 15) is 19.2 Å². The van der Waals surface area contributed by atoms with Crippen molar-refractivity contribution in [2.24, 2.45) is 27.8 Å². The standard InChI is InChI=1S/2C23H26N6O.C16H15N3O2.C15H13N3O2.C8H13N3.2CH4.ClH.Li.H2O/c2*1-14-4-5-21-18(8-14)11-27-29(21)13-19-10-17(6-7-25-19)23(30)26-12-20-15(2)9-22(24)28-16(20)3;1-11-3-4-15-13(7-11)9-18-19(15)10-14-8-12(5-6-17-14)16(20)21-2;1-10-2-3-14-12(6-10)8-17-18(14)9-13-7-11(15(19)20)4-5-16-13;1-5-3-8(10)11-6(2)7(5)4-9;;;;;/h2*4-11,18,21H,12-13H2,1-3H3,(H2,24,28)(H,26,30);3-9H,10H2,1-2H3;2-8H,9H2,1H3,(H,19,20);3H,4,9H2,1-2H3,(H2,10,11);2*1H4;1H;;1H2/q;;;;;;;;+1;/p-1. The van der Waals surface area contributed by atoms with Crippen LogP contribution in [0.5, 0.6) is 0 Å². The van der Waals surface area contributed by atoms with Crippen LogP contribution in [0.4, 0.5) is 17.5 Å². The minimum absolute atomic E-state index is 0. The van der Waals surface area contributed by atoms with E-state index >= 15 is 0 Å². The van der Waals surface area contributed by atoms with Crippen molar-refractivity contribution in [1.82, 2.24) is 75.1 Å². The molecule has 9 aromatic heterocycles. The average Bonchev–Trinajstić information content (AvgIpc) is 1.69. The Bertz CT molecular complexity index is 5300. The molecule has 0 bridgehead atoms. The molecule has 28 nitrogen and oxygen atoms in total. The number of hydrazone groups is 2. The van der Waals surface area contributed by atoms with Gasteiger partial charge in [-0.05, 0) is 194 Å². The SMILES string of the molecule is C.C.CC1=CC2C=NN(Cc3cc(C(=O)NCc4c(C)cc(N)nc4C)ccn3)C2C=C1.CC1=CC2C=NN(Cc3cc(C(=O)NCc4c(C)cc(N)nc4C)ccn3)C2C=C1.COC(=O)c1ccnc(Cn2ncc3cc(C)ccc32)c1.Cc1cc(N)nc(C)c1CN.Cc1ccc2c(cnn2Cc2cc(C(=O)O)ccn2)c1.Cl.[Li+].[OH-]. The molecule has 12 N–H and O–H groups in total. The number of methoxy groups -OCH3 is 1. The molecule has 4 aliphatic rings. The van der Waals surface area contributed by atoms with Crippen molar-refractivity contribution >= 4 is 87.8 Å². The number of nitrogens with one attached hydrogen (secondary N) is 2. The molecule has 4 atom stereocenters. The van der Waals surface area contributed by atoms with Gasteiger partial charge < -0.3 is 48.9 Å². The zero-order valence-corrected chi connectivity index (χ0v) is 67.3. The van der Waals surface area contributed by atoms with Crippen LogP contribution >= 0.6 is 12.4 Å². The topological polar surface area (TPSA) is 413 Å². The maximum absolute atomic E-state index is 12.7. The third-order valence-corrected chi connectivity index (χ3v) is 19.4. The number of nitrogens with zero attached hydrogens (tertiary/aromatic N) is 15. The van der Waals surface area contributed by atoms with E-state index in [0.717, 1.165) is 89.4 Å². The number of carboxylic acid groups (broad SMARTS) is 1. The molecule has 0 fully saturated rings. The van der Waals surface area contributed by atoms with Crippen LogP contribution in [0.15, 0.2) is 198 Å². The number of carbonyl (C=O) groups excluding carboxylic acids is 3. The molecule has 606 valence electrons. The Morgan fingerprint density at radius 3 is 1.22 bits per heavy atom. The largest absolute Gasteiger partial charge is 1.00 e. The van der Waals surface area contributed by atoms with Crippen molar-refractivity contribution in [1.29, 1.82) is 0 Å². The second kappa shape index (κ2) is 42.7. The van der Waals surface area contributed by atoms with Gasteiger partial charge in [-0.3, -0.25) is 48.9 Å². The first kappa shape index (κ1) is 93.3. The van der Waals surface area contributed by atoms with Gasteiger partial charge in [-0.2, -0.15) is 20.4 Å². The maximum Gasteiger partial charge on any atom is 1.00 e. The van der Waals surface area contributed by atoms with Gasteiger partial charge in [-0.1, -0.05) is 85.7 Å². The number of benzene rings is 2. The van der Waals surface area contributed by atoms with Crippen LogP contribution in [0, 0.1) is 67.2 Å². The minimum Gasteiger partial charge on any atom is -0.870 e. The van der Waals surface area contributed by atoms with Gasteiger partial charge in [0.15, 0.2) is 0 Å². The van der Waals surface area contributed by atoms with Crippen LogP contribution in [-0.4, -0.2) is 130 Å². The number of esters is 1. The van der Waals surface area contributed by atoms with Gasteiger partial charge in [0.2, 0.25) is 0 Å². The van der Waals surface area contributed by atoms with Gasteiger partial charge in [0.1, 0.15) is 17.5 Å². The molecule has 2 amide bonds. The number of anilines is 3. The van der Waals surface area contributed by atoms with Crippen molar-refractivity contribution in [3.63, 3.8) is 0 Å². The zero-order valence-electron chi connectivity index (χ0n) is 66.5.